The summed E-state index contributed by atoms with van der Waals surface area (Å²) in [6, 6.07) is 8.37. The zero-order valence-corrected chi connectivity index (χ0v) is 12.3. The summed E-state index contributed by atoms with van der Waals surface area (Å²) < 4.78 is 0. The van der Waals surface area contributed by atoms with Crippen molar-refractivity contribution in [3.8, 4) is 0 Å². The van der Waals surface area contributed by atoms with Crippen LogP contribution in [0, 0.1) is 6.92 Å². The topological polar surface area (TPSA) is 53.9 Å². The summed E-state index contributed by atoms with van der Waals surface area (Å²) in [5.41, 5.74) is 2.35. The van der Waals surface area contributed by atoms with Crippen molar-refractivity contribution in [3.63, 3.8) is 0 Å². The fourth-order valence-electron chi connectivity index (χ4n) is 2.01. The maximum Gasteiger partial charge on any atom is 0.244 e. The molecule has 106 valence electrons. The number of hydrogen-bond donors (Lipinski definition) is 1. The molecule has 0 spiro atoms. The van der Waals surface area contributed by atoms with E-state index in [2.05, 4.69) is 70.4 Å². The largest absolute Gasteiger partial charge is 0.353 e. The fraction of sp³-hybridized carbons (Fsp3) is 0.400. The molecule has 0 aliphatic carbocycles. The Morgan fingerprint density at radius 2 is 2.10 bits per heavy atom. The molecule has 0 saturated heterocycles. The maximum absolute atomic E-state index is 4.53. The van der Waals surface area contributed by atoms with Crippen molar-refractivity contribution in [2.75, 3.05) is 23.3 Å². The molecule has 2 aromatic rings. The summed E-state index contributed by atoms with van der Waals surface area (Å²) in [7, 11) is 0. The Bertz CT molecular complexity index is 555. The molecule has 1 N–H and O–H groups in total. The number of rotatable bonds is 6. The molecular formula is C15H21N5. The van der Waals surface area contributed by atoms with Gasteiger partial charge >= 0.3 is 0 Å². The highest BCUT2D eigenvalue weighted by Crippen LogP contribution is 2.23. The first-order valence-corrected chi connectivity index (χ1v) is 7.02. The van der Waals surface area contributed by atoms with Crippen molar-refractivity contribution >= 4 is 17.5 Å². The van der Waals surface area contributed by atoms with Gasteiger partial charge in [-0.2, -0.15) is 10.1 Å². The molecule has 0 aliphatic heterocycles. The van der Waals surface area contributed by atoms with E-state index in [4.69, 9.17) is 0 Å². The minimum Gasteiger partial charge on any atom is -0.353 e. The van der Waals surface area contributed by atoms with Crippen molar-refractivity contribution < 1.29 is 0 Å². The predicted octanol–water partition coefficient (Wildman–Crippen LogP) is 3.16. The average Bonchev–Trinajstić information content (AvgIpc) is 2.46. The van der Waals surface area contributed by atoms with Gasteiger partial charge < -0.3 is 10.2 Å². The van der Waals surface area contributed by atoms with Gasteiger partial charge in [0.15, 0.2) is 5.82 Å². The first-order valence-electron chi connectivity index (χ1n) is 7.02. The molecular weight excluding hydrogens is 250 g/mol. The van der Waals surface area contributed by atoms with E-state index in [1.165, 1.54) is 5.56 Å². The molecule has 1 aromatic heterocycles. The van der Waals surface area contributed by atoms with Crippen LogP contribution in [-0.2, 0) is 0 Å². The zero-order valence-electron chi connectivity index (χ0n) is 12.3. The van der Waals surface area contributed by atoms with Crippen LogP contribution >= 0.6 is 0 Å². The lowest BCUT2D eigenvalue weighted by molar-refractivity contribution is 0.888. The summed E-state index contributed by atoms with van der Waals surface area (Å²) in [5.74, 6) is 1.39. The van der Waals surface area contributed by atoms with E-state index in [1.807, 2.05) is 0 Å². The maximum atomic E-state index is 4.53. The quantitative estimate of drug-likeness (QED) is 0.874. The minimum absolute atomic E-state index is 0.579. The van der Waals surface area contributed by atoms with Crippen LogP contribution in [0.1, 0.15) is 25.8 Å². The molecule has 5 heteroatoms. The van der Waals surface area contributed by atoms with Gasteiger partial charge in [-0.25, -0.2) is 0 Å². The highest BCUT2D eigenvalue weighted by molar-refractivity contribution is 5.60. The number of anilines is 3. The second kappa shape index (κ2) is 6.84. The van der Waals surface area contributed by atoms with Crippen LogP contribution in [-0.4, -0.2) is 28.3 Å². The molecule has 0 bridgehead atoms. The van der Waals surface area contributed by atoms with E-state index >= 15 is 0 Å². The first-order chi connectivity index (χ1) is 9.74. The molecule has 0 saturated carbocycles. The Balaban J connectivity index is 2.27. The van der Waals surface area contributed by atoms with Crippen molar-refractivity contribution in [2.24, 2.45) is 0 Å². The van der Waals surface area contributed by atoms with Crippen molar-refractivity contribution in [3.05, 3.63) is 36.0 Å². The van der Waals surface area contributed by atoms with E-state index in [1.54, 1.807) is 6.20 Å². The summed E-state index contributed by atoms with van der Waals surface area (Å²) in [4.78, 5) is 6.65. The van der Waals surface area contributed by atoms with Gasteiger partial charge in [0, 0.05) is 18.8 Å². The monoisotopic (exact) mass is 271 g/mol. The van der Waals surface area contributed by atoms with Gasteiger partial charge in [-0.1, -0.05) is 19.1 Å². The van der Waals surface area contributed by atoms with Crippen molar-refractivity contribution in [1.29, 1.82) is 0 Å². The van der Waals surface area contributed by atoms with Crippen LogP contribution in [0.2, 0.25) is 0 Å². The van der Waals surface area contributed by atoms with Gasteiger partial charge in [-0.15, -0.1) is 5.10 Å². The van der Waals surface area contributed by atoms with E-state index in [-0.39, 0.29) is 0 Å². The Kier molecular flexibility index (Phi) is 4.87. The molecule has 0 fully saturated rings. The number of nitrogens with zero attached hydrogens (tertiary/aromatic N) is 4. The molecule has 0 atom stereocenters. The van der Waals surface area contributed by atoms with Gasteiger partial charge in [0.2, 0.25) is 5.95 Å². The predicted molar refractivity (Wildman–Crippen MR) is 82.5 cm³/mol. The lowest BCUT2D eigenvalue weighted by Crippen LogP contribution is -2.19. The first kappa shape index (κ1) is 14.2. The van der Waals surface area contributed by atoms with Gasteiger partial charge in [-0.05, 0) is 38.0 Å². The third-order valence-electron chi connectivity index (χ3n) is 2.99. The van der Waals surface area contributed by atoms with Crippen LogP contribution in [0.4, 0.5) is 17.5 Å². The van der Waals surface area contributed by atoms with E-state index in [0.717, 1.165) is 31.0 Å². The molecule has 5 nitrogen and oxygen atoms in total. The Morgan fingerprint density at radius 1 is 1.25 bits per heavy atom. The highest BCUT2D eigenvalue weighted by atomic mass is 15.3. The number of aromatic nitrogens is 3. The Hall–Kier alpha value is -2.17. The third kappa shape index (κ3) is 3.44. The van der Waals surface area contributed by atoms with E-state index in [9.17, 15) is 0 Å². The molecule has 0 aliphatic rings. The fourth-order valence-corrected chi connectivity index (χ4v) is 2.01. The number of nitrogens with one attached hydrogen (secondary N) is 1. The summed E-state index contributed by atoms with van der Waals surface area (Å²) >= 11 is 0. The normalized spacial score (nSPS) is 10.3. The van der Waals surface area contributed by atoms with Crippen molar-refractivity contribution in [2.45, 2.75) is 27.2 Å². The Morgan fingerprint density at radius 3 is 2.80 bits per heavy atom. The smallest absolute Gasteiger partial charge is 0.244 e. The van der Waals surface area contributed by atoms with Crippen LogP contribution in [0.3, 0.4) is 0 Å². The van der Waals surface area contributed by atoms with Gasteiger partial charge in [0.1, 0.15) is 0 Å². The third-order valence-corrected chi connectivity index (χ3v) is 2.99. The Labute approximate surface area is 120 Å². The second-order valence-corrected chi connectivity index (χ2v) is 4.65. The molecule has 20 heavy (non-hydrogen) atoms. The number of hydrogen-bond acceptors (Lipinski definition) is 5. The van der Waals surface area contributed by atoms with E-state index < -0.39 is 0 Å². The summed E-state index contributed by atoms with van der Waals surface area (Å²) in [6.45, 7) is 7.97. The van der Waals surface area contributed by atoms with Crippen LogP contribution in [0.15, 0.2) is 30.5 Å². The average molecular weight is 271 g/mol. The van der Waals surface area contributed by atoms with Crippen molar-refractivity contribution in [1.82, 2.24) is 15.2 Å². The lowest BCUT2D eigenvalue weighted by Gasteiger charge is -2.22. The number of aryl methyl sites for hydroxylation is 1. The minimum atomic E-state index is 0.579. The van der Waals surface area contributed by atoms with E-state index in [0.29, 0.717) is 5.95 Å². The van der Waals surface area contributed by atoms with Gasteiger partial charge in [-0.3, -0.25) is 0 Å². The molecule has 1 aromatic carbocycles. The summed E-state index contributed by atoms with van der Waals surface area (Å²) in [6.07, 6.45) is 2.73. The molecule has 0 radical (unpaired) electrons. The van der Waals surface area contributed by atoms with Crippen LogP contribution in [0.5, 0.6) is 0 Å². The number of benzene rings is 1. The second-order valence-electron chi connectivity index (χ2n) is 4.65. The van der Waals surface area contributed by atoms with Gasteiger partial charge in [0.05, 0.1) is 6.20 Å². The molecule has 0 amide bonds. The molecule has 2 rings (SSSR count). The highest BCUT2D eigenvalue weighted by Gasteiger charge is 2.10. The molecule has 0 unspecified atom stereocenters. The summed E-state index contributed by atoms with van der Waals surface area (Å²) in [5, 5.41) is 11.2. The SMILES string of the molecule is CCCNc1nncc(N(CC)c2cccc(C)c2)n1. The van der Waals surface area contributed by atoms with Crippen LogP contribution in [0.25, 0.3) is 0 Å². The standard InChI is InChI=1S/C15H21N5/c1-4-9-16-15-18-14(11-17-19-15)20(5-2)13-8-6-7-12(3)10-13/h6-8,10-11H,4-5,9H2,1-3H3,(H,16,18,19). The van der Waals surface area contributed by atoms with Gasteiger partial charge in [0.25, 0.3) is 0 Å². The molecule has 1 heterocycles. The van der Waals surface area contributed by atoms with Crippen LogP contribution < -0.4 is 10.2 Å². The lowest BCUT2D eigenvalue weighted by atomic mass is 10.2. The zero-order chi connectivity index (χ0) is 14.4.